The van der Waals surface area contributed by atoms with E-state index >= 15 is 0 Å². The van der Waals surface area contributed by atoms with Gasteiger partial charge in [0, 0.05) is 78.6 Å². The molecule has 15 rings (SSSR count). The molecule has 1 unspecified atom stereocenters. The third-order valence-electron chi connectivity index (χ3n) is 22.9. The van der Waals surface area contributed by atoms with E-state index in [1.165, 1.54) is 89.7 Å². The predicted molar refractivity (Wildman–Crippen MR) is 426 cm³/mol. The molecule has 0 bridgehead atoms. The van der Waals surface area contributed by atoms with Crippen molar-refractivity contribution in [1.82, 2.24) is 24.3 Å². The van der Waals surface area contributed by atoms with E-state index < -0.39 is 10.0 Å². The van der Waals surface area contributed by atoms with Crippen LogP contribution in [0.3, 0.4) is 0 Å². The van der Waals surface area contributed by atoms with Crippen molar-refractivity contribution in [2.24, 2.45) is 17.8 Å². The van der Waals surface area contributed by atoms with Crippen molar-refractivity contribution in [3.8, 4) is 51.4 Å². The Balaban J connectivity index is 0.000000132. The number of nitrogens with two attached hydrogens (primary N) is 1. The van der Waals surface area contributed by atoms with Crippen molar-refractivity contribution < 1.29 is 44.2 Å². The number of nitrogens with zero attached hydrogens (tertiary/aromatic N) is 4. The van der Waals surface area contributed by atoms with E-state index in [4.69, 9.17) is 17.3 Å². The fourth-order valence-electron chi connectivity index (χ4n) is 17.5. The Labute approximate surface area is 631 Å². The molecule has 0 saturated carbocycles. The van der Waals surface area contributed by atoms with Crippen LogP contribution in [-0.2, 0) is 74.2 Å². The standard InChI is InChI=1S/C21H34N2O3S.C19H25NOS.C17H17NO2.C16H16ClNO3.C12H19NS/c1-4-10-22-14-16(15-27(25,26)23(5-2)6-3)11-18-12-19-17(13-20(18)22)8-7-9-21(19)24;1-2-11-20(12-10-17-6-4-13-22-17)16-8-9-18-15(14-16)5-3-7-19(18)21;1-18-8-7-10-3-2-4-12-15(10)13(18)9-11-5-6-14(19)17(20)16(11)12;17-15-11-5-6-18-8-13(9-1-3-10(19)4-2-9)12(11)7-14(20)16(15)21;1-2-3-4-9-5-6-10-8-12(13)14-11(10)7-9/h7-9,16,18,20,24H,4-6,10-15H2,1-3H3;3-7,13,16,21H,2,8-12,14H2,1H3;2-6,13,19-20H,7-9H2,1H3;1-4,7,13,18-21H,5-6,8H2;8-9H,2-7,13H2,1H3/t16-,18+,20+;16-;13-;;9-/m001.0/s1. The lowest BCUT2D eigenvalue weighted by Gasteiger charge is -2.47. The molecule has 2 aromatic heterocycles. The average molecular weight is 1490 g/mol. The van der Waals surface area contributed by atoms with Crippen molar-refractivity contribution in [2.45, 2.75) is 174 Å². The van der Waals surface area contributed by atoms with Gasteiger partial charge in [-0.1, -0.05) is 132 Å². The molecule has 10 N–H and O–H groups in total. The van der Waals surface area contributed by atoms with Gasteiger partial charge in [-0.05, 0) is 261 Å². The van der Waals surface area contributed by atoms with Gasteiger partial charge in [0.05, 0.1) is 15.8 Å². The zero-order chi connectivity index (χ0) is 73.8. The Morgan fingerprint density at radius 1 is 0.663 bits per heavy atom. The molecule has 4 aliphatic carbocycles. The quantitative estimate of drug-likeness (QED) is 0.0387. The number of likely N-dealkylation sites (tertiary alicyclic amines) is 1. The molecule has 7 aliphatic rings. The SMILES string of the molecule is CCCC[C@H]1CCc2cc(N)sc2C1.CCCN(CCc1cccs1)[C@H]1CCc2c(O)cccc2C1.CCCN1C[C@@H](CS(=O)(=O)N(CC)CC)C[C@@H]2Cc3c(O)cccc3C[C@H]21.CN1CCc2cccc3c2[C@H]1Cc1ccc(O)c(O)c1-3.Oc1ccc(C2CNCCc3c2cc(O)c(O)c3Cl)cc1. The highest BCUT2D eigenvalue weighted by atomic mass is 35.5. The first-order valence-electron chi connectivity index (χ1n) is 38.2. The van der Waals surface area contributed by atoms with E-state index in [9.17, 15) is 44.2 Å². The number of unbranched alkanes of at least 4 members (excludes halogenated alkanes) is 1. The maximum atomic E-state index is 12.8. The number of anilines is 1. The van der Waals surface area contributed by atoms with Gasteiger partial charge in [-0.15, -0.1) is 22.7 Å². The average Bonchev–Trinajstić information content (AvgIpc) is 0.765. The molecule has 15 nitrogen and oxygen atoms in total. The van der Waals surface area contributed by atoms with Crippen molar-refractivity contribution >= 4 is 49.3 Å². The second-order valence-electron chi connectivity index (χ2n) is 29.7. The van der Waals surface area contributed by atoms with Gasteiger partial charge in [-0.2, -0.15) is 0 Å². The van der Waals surface area contributed by atoms with Crippen LogP contribution in [0.15, 0.2) is 121 Å². The van der Waals surface area contributed by atoms with Gasteiger partial charge in [0.2, 0.25) is 10.0 Å². The van der Waals surface area contributed by atoms with Gasteiger partial charge < -0.3 is 46.8 Å². The number of likely N-dealkylation sites (N-methyl/N-ethyl adjacent to an activating group) is 1. The minimum atomic E-state index is -3.21. The smallest absolute Gasteiger partial charge is 0.214 e. The van der Waals surface area contributed by atoms with Gasteiger partial charge in [0.15, 0.2) is 23.0 Å². The summed E-state index contributed by atoms with van der Waals surface area (Å²) in [4.78, 5) is 10.6. The molecular weight excluding hydrogens is 1380 g/mol. The fourth-order valence-corrected chi connectivity index (χ4v) is 21.5. The summed E-state index contributed by atoms with van der Waals surface area (Å²) in [6.07, 6.45) is 20.1. The molecule has 7 atom stereocenters. The Bertz CT molecular complexity index is 4260. The van der Waals surface area contributed by atoms with Crippen LogP contribution in [0.1, 0.15) is 169 Å². The number of rotatable bonds is 17. The number of fused-ring (bicyclic) bond motifs is 7. The Kier molecular flexibility index (Phi) is 27.2. The molecule has 104 heavy (non-hydrogen) atoms. The van der Waals surface area contributed by atoms with Crippen molar-refractivity contribution in [3.05, 3.63) is 197 Å². The Morgan fingerprint density at radius 3 is 2.12 bits per heavy atom. The van der Waals surface area contributed by atoms with E-state index in [2.05, 4.69) is 102 Å². The monoisotopic (exact) mass is 1490 g/mol. The van der Waals surface area contributed by atoms with E-state index in [0.29, 0.717) is 61.6 Å². The largest absolute Gasteiger partial charge is 0.508 e. The van der Waals surface area contributed by atoms with E-state index in [0.717, 1.165) is 147 Å². The van der Waals surface area contributed by atoms with Gasteiger partial charge in [0.1, 0.15) is 17.2 Å². The topological polar surface area (TPSA) is 227 Å². The number of nitrogens with one attached hydrogen (secondary N) is 1. The van der Waals surface area contributed by atoms with E-state index in [-0.39, 0.29) is 51.4 Å². The fraction of sp³-hybridized carbons (Fsp3) is 0.482. The van der Waals surface area contributed by atoms with Crippen LogP contribution in [0, 0.1) is 17.8 Å². The van der Waals surface area contributed by atoms with Crippen molar-refractivity contribution in [1.29, 1.82) is 0 Å². The summed E-state index contributed by atoms with van der Waals surface area (Å²) in [6, 6.07) is 38.2. The number of sulfonamides is 1. The first kappa shape index (κ1) is 78.2. The summed E-state index contributed by atoms with van der Waals surface area (Å²) >= 11 is 9.85. The Hall–Kier alpha value is -6.84. The molecule has 0 radical (unpaired) electrons. The molecule has 8 aromatic rings. The molecule has 0 amide bonds. The molecule has 3 aliphatic heterocycles. The third-order valence-corrected chi connectivity index (χ3v) is 27.4. The molecule has 19 heteroatoms. The summed E-state index contributed by atoms with van der Waals surface area (Å²) in [5.74, 6) is 2.37. The normalized spacial score (nSPS) is 20.8. The number of aryl methyl sites for hydroxylation is 1. The molecule has 1 saturated heterocycles. The number of nitrogen functional groups attached to an aromatic ring is 1. The number of hydrogen-bond donors (Lipinski definition) is 9. The van der Waals surface area contributed by atoms with E-state index in [1.807, 2.05) is 61.6 Å². The molecule has 1 fully saturated rings. The predicted octanol–water partition coefficient (Wildman–Crippen LogP) is 16.4. The first-order chi connectivity index (χ1) is 50.2. The minimum Gasteiger partial charge on any atom is -0.508 e. The van der Waals surface area contributed by atoms with Crippen LogP contribution in [0.4, 0.5) is 5.00 Å². The zero-order valence-electron chi connectivity index (χ0n) is 61.8. The highest BCUT2D eigenvalue weighted by molar-refractivity contribution is 7.89. The second kappa shape index (κ2) is 36.2. The molecule has 6 aromatic carbocycles. The van der Waals surface area contributed by atoms with Gasteiger partial charge in [-0.3, -0.25) is 14.7 Å². The molecule has 0 spiro atoms. The number of benzene rings is 6. The lowest BCUT2D eigenvalue weighted by atomic mass is 9.72. The highest BCUT2D eigenvalue weighted by Crippen LogP contribution is 2.51. The summed E-state index contributed by atoms with van der Waals surface area (Å²) in [5.41, 5.74) is 20.7. The van der Waals surface area contributed by atoms with Crippen molar-refractivity contribution in [3.63, 3.8) is 0 Å². The summed E-state index contributed by atoms with van der Waals surface area (Å²) < 4.78 is 27.2. The van der Waals surface area contributed by atoms with Crippen LogP contribution in [-0.4, -0.2) is 147 Å². The highest BCUT2D eigenvalue weighted by Gasteiger charge is 2.42. The number of thiophene rings is 2. The lowest BCUT2D eigenvalue weighted by Crippen LogP contribution is -2.53. The number of phenols is 7. The van der Waals surface area contributed by atoms with Gasteiger partial charge in [0.25, 0.3) is 0 Å². The molecular formula is C85H111ClN6O9S3. The summed E-state index contributed by atoms with van der Waals surface area (Å²) in [5, 5.41) is 76.2. The lowest BCUT2D eigenvalue weighted by molar-refractivity contribution is 0.0550. The summed E-state index contributed by atoms with van der Waals surface area (Å²) in [6.45, 7) is 18.3. The number of hydrogen-bond acceptors (Lipinski definition) is 16. The molecule has 560 valence electrons. The number of piperidine rings is 1. The number of aromatic hydroxyl groups is 7. The maximum Gasteiger partial charge on any atom is 0.214 e. The van der Waals surface area contributed by atoms with E-state index in [1.54, 1.807) is 50.9 Å². The maximum absolute atomic E-state index is 12.8. The van der Waals surface area contributed by atoms with Crippen LogP contribution >= 0.6 is 34.3 Å². The second-order valence-corrected chi connectivity index (χ2v) is 34.2. The van der Waals surface area contributed by atoms with Gasteiger partial charge in [-0.25, -0.2) is 12.7 Å². The van der Waals surface area contributed by atoms with Crippen LogP contribution in [0.2, 0.25) is 5.02 Å². The van der Waals surface area contributed by atoms with Gasteiger partial charge >= 0.3 is 0 Å². The van der Waals surface area contributed by atoms with Crippen LogP contribution in [0.5, 0.6) is 40.2 Å². The van der Waals surface area contributed by atoms with Crippen LogP contribution < -0.4 is 11.1 Å². The minimum absolute atomic E-state index is 0.00657. The summed E-state index contributed by atoms with van der Waals surface area (Å²) in [7, 11) is -1.05. The van der Waals surface area contributed by atoms with Crippen LogP contribution in [0.25, 0.3) is 11.1 Å². The Morgan fingerprint density at radius 2 is 1.40 bits per heavy atom. The molecule has 5 heterocycles. The number of halogens is 1. The first-order valence-corrected chi connectivity index (χ1v) is 41.9. The third kappa shape index (κ3) is 18.6. The number of phenolic OH excluding ortho intramolecular Hbond substituents is 7. The zero-order valence-corrected chi connectivity index (χ0v) is 65.0. The van der Waals surface area contributed by atoms with Crippen molar-refractivity contribution in [2.75, 3.05) is 77.4 Å².